The zero-order valence-electron chi connectivity index (χ0n) is 26.0. The minimum atomic E-state index is -0.881. The van der Waals surface area contributed by atoms with Crippen molar-refractivity contribution in [2.75, 3.05) is 24.7 Å². The zero-order valence-corrected chi connectivity index (χ0v) is 27.6. The van der Waals surface area contributed by atoms with Gasteiger partial charge in [-0.2, -0.15) is 0 Å². The second-order valence-corrected chi connectivity index (χ2v) is 13.7. The van der Waals surface area contributed by atoms with Crippen molar-refractivity contribution in [1.82, 2.24) is 15.1 Å². The van der Waals surface area contributed by atoms with Gasteiger partial charge in [-0.1, -0.05) is 29.0 Å². The Bertz CT molecular complexity index is 1490. The van der Waals surface area contributed by atoms with Crippen LogP contribution in [0.25, 0.3) is 21.1 Å². The van der Waals surface area contributed by atoms with Crippen molar-refractivity contribution in [3.8, 4) is 26.9 Å². The van der Waals surface area contributed by atoms with Crippen LogP contribution in [0.5, 0.6) is 5.75 Å². The summed E-state index contributed by atoms with van der Waals surface area (Å²) in [5.41, 5.74) is 1.59. The largest absolute Gasteiger partial charge is 0.488 e. The third-order valence-corrected chi connectivity index (χ3v) is 8.29. The molecule has 2 heterocycles. The summed E-state index contributed by atoms with van der Waals surface area (Å²) < 4.78 is 32.6. The van der Waals surface area contributed by atoms with E-state index in [1.807, 2.05) is 31.2 Å². The lowest BCUT2D eigenvalue weighted by molar-refractivity contribution is -0.0637. The molecule has 43 heavy (non-hydrogen) atoms. The summed E-state index contributed by atoms with van der Waals surface area (Å²) in [5.74, 6) is -0.459. The Kier molecular flexibility index (Phi) is 9.73. The molecule has 0 unspecified atom stereocenters. The van der Waals surface area contributed by atoms with E-state index in [9.17, 15) is 4.79 Å². The van der Waals surface area contributed by atoms with Crippen LogP contribution in [0.3, 0.4) is 0 Å². The van der Waals surface area contributed by atoms with Gasteiger partial charge in [0.25, 0.3) is 0 Å². The molecule has 1 aliphatic heterocycles. The van der Waals surface area contributed by atoms with E-state index in [1.54, 1.807) is 40.7 Å². The van der Waals surface area contributed by atoms with Gasteiger partial charge < -0.3 is 19.1 Å². The Morgan fingerprint density at radius 3 is 2.60 bits per heavy atom. The Morgan fingerprint density at radius 2 is 1.98 bits per heavy atom. The summed E-state index contributed by atoms with van der Waals surface area (Å²) in [6, 6.07) is 8.65. The van der Waals surface area contributed by atoms with Gasteiger partial charge in [0.1, 0.15) is 27.9 Å². The number of aryl methyl sites for hydroxylation is 1. The average Bonchev–Trinajstić information content (AvgIpc) is 3.50. The van der Waals surface area contributed by atoms with E-state index < -0.39 is 29.3 Å². The van der Waals surface area contributed by atoms with Gasteiger partial charge >= 0.3 is 6.09 Å². The van der Waals surface area contributed by atoms with Gasteiger partial charge in [0.05, 0.1) is 23.4 Å². The molecule has 2 aromatic carbocycles. The number of carbonyl (C=O) groups excluding carboxylic acids is 1. The van der Waals surface area contributed by atoms with Crippen LogP contribution in [0.15, 0.2) is 43.0 Å². The Labute approximate surface area is 262 Å². The van der Waals surface area contributed by atoms with E-state index in [-0.39, 0.29) is 25.0 Å². The van der Waals surface area contributed by atoms with Crippen LogP contribution < -0.4 is 9.64 Å². The third kappa shape index (κ3) is 7.48. The van der Waals surface area contributed by atoms with Crippen molar-refractivity contribution in [2.45, 2.75) is 78.8 Å². The molecule has 1 amide bonds. The van der Waals surface area contributed by atoms with Gasteiger partial charge in [0.2, 0.25) is 0 Å². The summed E-state index contributed by atoms with van der Waals surface area (Å²) in [6.07, 6.45) is 1.34. The SMILES string of the molecule is C=CCN(c1ccc(-c2nnc(-c3cc(F)c(OC[C@H]4COC(C)(C)N4C(=O)OC(C)(C)C)cc3C)s2)cc1Cl)C(C)C. The Balaban J connectivity index is 1.50. The van der Waals surface area contributed by atoms with Crippen LogP contribution in [0.1, 0.15) is 54.0 Å². The van der Waals surface area contributed by atoms with Crippen molar-refractivity contribution >= 4 is 34.7 Å². The molecule has 1 aliphatic rings. The number of amides is 1. The van der Waals surface area contributed by atoms with E-state index in [0.29, 0.717) is 27.1 Å². The molecule has 232 valence electrons. The fourth-order valence-corrected chi connectivity index (χ4v) is 6.13. The number of anilines is 1. The van der Waals surface area contributed by atoms with E-state index in [1.165, 1.54) is 22.3 Å². The van der Waals surface area contributed by atoms with Crippen LogP contribution in [-0.2, 0) is 9.47 Å². The number of carbonyl (C=O) groups is 1. The summed E-state index contributed by atoms with van der Waals surface area (Å²) in [5, 5.41) is 10.6. The molecular formula is C32H40ClFN4O4S. The molecule has 0 aliphatic carbocycles. The highest BCUT2D eigenvalue weighted by Crippen LogP contribution is 2.38. The van der Waals surface area contributed by atoms with Crippen LogP contribution in [0.2, 0.25) is 5.02 Å². The molecular weight excluding hydrogens is 591 g/mol. The Hall–Kier alpha value is -3.21. The highest BCUT2D eigenvalue weighted by Gasteiger charge is 2.46. The number of ether oxygens (including phenoxy) is 3. The summed E-state index contributed by atoms with van der Waals surface area (Å²) in [6.45, 7) is 19.9. The third-order valence-electron chi connectivity index (χ3n) is 6.98. The summed E-state index contributed by atoms with van der Waals surface area (Å²) in [7, 11) is 0. The Morgan fingerprint density at radius 1 is 1.28 bits per heavy atom. The number of benzene rings is 2. The van der Waals surface area contributed by atoms with E-state index in [2.05, 4.69) is 35.5 Å². The first-order chi connectivity index (χ1) is 20.1. The van der Waals surface area contributed by atoms with Crippen LogP contribution in [0.4, 0.5) is 14.9 Å². The second-order valence-electron chi connectivity index (χ2n) is 12.3. The normalized spacial score (nSPS) is 16.4. The lowest BCUT2D eigenvalue weighted by Crippen LogP contribution is -2.51. The van der Waals surface area contributed by atoms with Crippen molar-refractivity contribution in [3.63, 3.8) is 0 Å². The van der Waals surface area contributed by atoms with E-state index in [4.69, 9.17) is 25.8 Å². The number of hydrogen-bond acceptors (Lipinski definition) is 8. The van der Waals surface area contributed by atoms with Crippen LogP contribution >= 0.6 is 22.9 Å². The van der Waals surface area contributed by atoms with Crippen LogP contribution in [-0.4, -0.2) is 64.4 Å². The van der Waals surface area contributed by atoms with Gasteiger partial charge in [-0.05, 0) is 91.3 Å². The molecule has 3 aromatic rings. The molecule has 8 nitrogen and oxygen atoms in total. The zero-order chi connectivity index (χ0) is 31.7. The van der Waals surface area contributed by atoms with Crippen molar-refractivity contribution < 1.29 is 23.4 Å². The number of rotatable bonds is 9. The molecule has 1 aromatic heterocycles. The predicted molar refractivity (Wildman–Crippen MR) is 171 cm³/mol. The minimum Gasteiger partial charge on any atom is -0.488 e. The highest BCUT2D eigenvalue weighted by atomic mass is 35.5. The smallest absolute Gasteiger partial charge is 0.413 e. The molecule has 11 heteroatoms. The van der Waals surface area contributed by atoms with Crippen molar-refractivity contribution in [2.24, 2.45) is 0 Å². The summed E-state index contributed by atoms with van der Waals surface area (Å²) >= 11 is 8.02. The average molecular weight is 631 g/mol. The first-order valence-electron chi connectivity index (χ1n) is 14.2. The van der Waals surface area contributed by atoms with Crippen molar-refractivity contribution in [1.29, 1.82) is 0 Å². The maximum Gasteiger partial charge on any atom is 0.413 e. The molecule has 1 fully saturated rings. The topological polar surface area (TPSA) is 77.0 Å². The first kappa shape index (κ1) is 32.7. The predicted octanol–water partition coefficient (Wildman–Crippen LogP) is 8.12. The van der Waals surface area contributed by atoms with Gasteiger partial charge in [-0.15, -0.1) is 16.8 Å². The second kappa shape index (κ2) is 12.8. The molecule has 0 spiro atoms. The van der Waals surface area contributed by atoms with Gasteiger partial charge in [0.15, 0.2) is 11.6 Å². The lowest BCUT2D eigenvalue weighted by Gasteiger charge is -2.35. The molecule has 0 saturated carbocycles. The molecule has 0 N–H and O–H groups in total. The highest BCUT2D eigenvalue weighted by molar-refractivity contribution is 7.17. The number of halogens is 2. The van der Waals surface area contributed by atoms with Crippen LogP contribution in [0, 0.1) is 12.7 Å². The van der Waals surface area contributed by atoms with Gasteiger partial charge in [0, 0.05) is 23.7 Å². The van der Waals surface area contributed by atoms with E-state index >= 15 is 4.39 Å². The van der Waals surface area contributed by atoms with E-state index in [0.717, 1.165) is 16.8 Å². The molecule has 1 atom stereocenters. The van der Waals surface area contributed by atoms with Gasteiger partial charge in [-0.3, -0.25) is 4.90 Å². The molecule has 1 saturated heterocycles. The maximum atomic E-state index is 15.3. The standard InChI is InChI=1S/C32H40ClFN4O4S/c1-10-13-37(19(2)3)26-12-11-21(15-24(26)33)28-35-36-29(43-28)23-16-25(34)27(14-20(23)4)40-17-22-18-41-32(8,9)38(22)30(39)42-31(5,6)7/h10-12,14-16,19,22H,1,13,17-18H2,2-9H3/t22-/m0/s1. The monoisotopic (exact) mass is 630 g/mol. The van der Waals surface area contributed by atoms with Crippen molar-refractivity contribution in [3.05, 3.63) is 59.4 Å². The lowest BCUT2D eigenvalue weighted by atomic mass is 10.1. The summed E-state index contributed by atoms with van der Waals surface area (Å²) in [4.78, 5) is 16.6. The molecule has 0 bridgehead atoms. The maximum absolute atomic E-state index is 15.3. The number of hydrogen-bond donors (Lipinski definition) is 0. The first-order valence-corrected chi connectivity index (χ1v) is 15.4. The number of aromatic nitrogens is 2. The molecule has 0 radical (unpaired) electrons. The minimum absolute atomic E-state index is 0.0408. The molecule has 4 rings (SSSR count). The van der Waals surface area contributed by atoms with Gasteiger partial charge in [-0.25, -0.2) is 9.18 Å². The fraction of sp³-hybridized carbons (Fsp3) is 0.469. The number of nitrogens with zero attached hydrogens (tertiary/aromatic N) is 4. The quantitative estimate of drug-likeness (QED) is 0.221. The fourth-order valence-electron chi connectivity index (χ4n) is 4.92.